The zero-order valence-electron chi connectivity index (χ0n) is 15.1. The number of anilines is 1. The molecule has 0 radical (unpaired) electrons. The fourth-order valence-electron chi connectivity index (χ4n) is 3.71. The highest BCUT2D eigenvalue weighted by Crippen LogP contribution is 2.38. The lowest BCUT2D eigenvalue weighted by Crippen LogP contribution is -2.15. The molecule has 1 aliphatic rings. The second-order valence-corrected chi connectivity index (χ2v) is 7.69. The van der Waals surface area contributed by atoms with Gasteiger partial charge in [-0.05, 0) is 59.7 Å². The molecule has 0 saturated heterocycles. The van der Waals surface area contributed by atoms with E-state index in [0.29, 0.717) is 5.69 Å². The molecule has 0 aliphatic heterocycles. The number of fused-ring (bicyclic) bond motifs is 2. The third-order valence-corrected chi connectivity index (χ3v) is 5.77. The number of carbonyl (C=O) groups excluding carboxylic acids is 1. The maximum Gasteiger partial charge on any atom is 0.256 e. The summed E-state index contributed by atoms with van der Waals surface area (Å²) in [5.41, 5.74) is 5.43. The summed E-state index contributed by atoms with van der Waals surface area (Å²) in [6, 6.07) is 15.7. The molecule has 5 rings (SSSR count). The Kier molecular flexibility index (Phi) is 4.22. The summed E-state index contributed by atoms with van der Waals surface area (Å²) in [5, 5.41) is 5.96. The Morgan fingerprint density at radius 2 is 2.00 bits per heavy atom. The van der Waals surface area contributed by atoms with Gasteiger partial charge in [0.1, 0.15) is 0 Å². The predicted molar refractivity (Wildman–Crippen MR) is 114 cm³/mol. The second kappa shape index (κ2) is 7.02. The number of benzene rings is 1. The first kappa shape index (κ1) is 16.8. The zero-order valence-corrected chi connectivity index (χ0v) is 15.9. The Morgan fingerprint density at radius 1 is 1.07 bits per heavy atom. The molecule has 1 aliphatic carbocycles. The Labute approximate surface area is 166 Å². The van der Waals surface area contributed by atoms with Gasteiger partial charge in [-0.25, -0.2) is 4.98 Å². The van der Waals surface area contributed by atoms with Gasteiger partial charge in [-0.1, -0.05) is 24.3 Å². The monoisotopic (exact) mass is 383 g/mol. The molecule has 4 nitrogen and oxygen atoms in total. The number of thiophene rings is 1. The van der Waals surface area contributed by atoms with Crippen molar-refractivity contribution in [2.24, 2.45) is 0 Å². The third-order valence-electron chi connectivity index (χ3n) is 4.95. The molecule has 136 valence electrons. The summed E-state index contributed by atoms with van der Waals surface area (Å²) < 4.78 is 0. The number of hydrogen-bond acceptors (Lipinski definition) is 4. The van der Waals surface area contributed by atoms with Crippen molar-refractivity contribution >= 4 is 45.5 Å². The topological polar surface area (TPSA) is 54.9 Å². The van der Waals surface area contributed by atoms with Gasteiger partial charge in [0.15, 0.2) is 0 Å². The molecule has 4 aromatic rings. The first-order valence-corrected chi connectivity index (χ1v) is 10.0. The molecule has 3 heterocycles. The minimum atomic E-state index is -0.111. The summed E-state index contributed by atoms with van der Waals surface area (Å²) >= 11 is 1.71. The fourth-order valence-corrected chi connectivity index (χ4v) is 4.40. The standard InChI is InChI=1S/C23H17N3OS/c27-23(25-16-5-3-11-24-14-16)21-18-7-1-2-8-20(18)26-22-15(9-10-19(21)22)13-17-6-4-12-28-17/h1-8,11-14H,9-10H2,(H,25,27)/b15-13+. The molecule has 3 aromatic heterocycles. The number of nitrogens with one attached hydrogen (secondary N) is 1. The minimum absolute atomic E-state index is 0.111. The van der Waals surface area contributed by atoms with Gasteiger partial charge in [-0.2, -0.15) is 0 Å². The molecule has 5 heteroatoms. The van der Waals surface area contributed by atoms with E-state index in [1.165, 1.54) is 10.5 Å². The van der Waals surface area contributed by atoms with Crippen LogP contribution in [0.3, 0.4) is 0 Å². The second-order valence-electron chi connectivity index (χ2n) is 6.71. The molecular weight excluding hydrogens is 366 g/mol. The van der Waals surface area contributed by atoms with Crippen LogP contribution in [0.25, 0.3) is 22.6 Å². The van der Waals surface area contributed by atoms with E-state index < -0.39 is 0 Å². The lowest BCUT2D eigenvalue weighted by atomic mass is 10.00. The van der Waals surface area contributed by atoms with Crippen LogP contribution in [0, 0.1) is 0 Å². The van der Waals surface area contributed by atoms with Crippen molar-refractivity contribution in [3.8, 4) is 0 Å². The van der Waals surface area contributed by atoms with Crippen molar-refractivity contribution in [2.75, 3.05) is 5.32 Å². The van der Waals surface area contributed by atoms with Crippen LogP contribution in [0.5, 0.6) is 0 Å². The van der Waals surface area contributed by atoms with Gasteiger partial charge in [0.25, 0.3) is 5.91 Å². The van der Waals surface area contributed by atoms with E-state index in [9.17, 15) is 4.79 Å². The van der Waals surface area contributed by atoms with Crippen LogP contribution >= 0.6 is 11.3 Å². The van der Waals surface area contributed by atoms with Gasteiger partial charge in [-0.15, -0.1) is 11.3 Å². The highest BCUT2D eigenvalue weighted by molar-refractivity contribution is 7.10. The van der Waals surface area contributed by atoms with Crippen LogP contribution in [-0.4, -0.2) is 15.9 Å². The molecule has 1 N–H and O–H groups in total. The summed E-state index contributed by atoms with van der Waals surface area (Å²) in [6.45, 7) is 0. The van der Waals surface area contributed by atoms with E-state index in [0.717, 1.165) is 40.6 Å². The largest absolute Gasteiger partial charge is 0.321 e. The van der Waals surface area contributed by atoms with Crippen molar-refractivity contribution in [2.45, 2.75) is 12.8 Å². The van der Waals surface area contributed by atoms with Crippen LogP contribution in [0.15, 0.2) is 66.3 Å². The van der Waals surface area contributed by atoms with Gasteiger partial charge in [0.05, 0.1) is 28.7 Å². The third kappa shape index (κ3) is 3.00. The number of amides is 1. The zero-order chi connectivity index (χ0) is 18.9. The Hall–Kier alpha value is -3.31. The van der Waals surface area contributed by atoms with E-state index >= 15 is 0 Å². The van der Waals surface area contributed by atoms with Gasteiger partial charge in [0, 0.05) is 16.5 Å². The van der Waals surface area contributed by atoms with Crippen molar-refractivity contribution in [3.63, 3.8) is 0 Å². The van der Waals surface area contributed by atoms with Crippen molar-refractivity contribution in [3.05, 3.63) is 88.0 Å². The fraction of sp³-hybridized carbons (Fsp3) is 0.0870. The van der Waals surface area contributed by atoms with Crippen molar-refractivity contribution < 1.29 is 4.79 Å². The number of carbonyl (C=O) groups is 1. The molecular formula is C23H17N3OS. The highest BCUT2D eigenvalue weighted by atomic mass is 32.1. The number of aromatic nitrogens is 2. The van der Waals surface area contributed by atoms with Gasteiger partial charge >= 0.3 is 0 Å². The van der Waals surface area contributed by atoms with Crippen LogP contribution in [0.1, 0.15) is 32.9 Å². The van der Waals surface area contributed by atoms with Gasteiger partial charge in [-0.3, -0.25) is 9.78 Å². The molecule has 1 amide bonds. The van der Waals surface area contributed by atoms with Crippen LogP contribution < -0.4 is 5.32 Å². The molecule has 1 aromatic carbocycles. The summed E-state index contributed by atoms with van der Waals surface area (Å²) in [4.78, 5) is 23.4. The van der Waals surface area contributed by atoms with Crippen LogP contribution in [-0.2, 0) is 6.42 Å². The highest BCUT2D eigenvalue weighted by Gasteiger charge is 2.26. The Balaban J connectivity index is 1.65. The SMILES string of the molecule is O=C(Nc1cccnc1)c1c2c(nc3ccccc13)/C(=C/c1cccs1)CC2. The van der Waals surface area contributed by atoms with Crippen LogP contribution in [0.2, 0.25) is 0 Å². The lowest BCUT2D eigenvalue weighted by Gasteiger charge is -2.13. The maximum absolute atomic E-state index is 13.2. The number of allylic oxidation sites excluding steroid dienone is 1. The Morgan fingerprint density at radius 3 is 2.82 bits per heavy atom. The van der Waals surface area contributed by atoms with Gasteiger partial charge in [0.2, 0.25) is 0 Å². The number of rotatable bonds is 3. The summed E-state index contributed by atoms with van der Waals surface area (Å²) in [7, 11) is 0. The predicted octanol–water partition coefficient (Wildman–Crippen LogP) is 5.43. The van der Waals surface area contributed by atoms with E-state index in [-0.39, 0.29) is 5.91 Å². The molecule has 28 heavy (non-hydrogen) atoms. The normalized spacial score (nSPS) is 14.4. The first-order valence-electron chi connectivity index (χ1n) is 9.17. The quantitative estimate of drug-likeness (QED) is 0.513. The van der Waals surface area contributed by atoms with Crippen molar-refractivity contribution in [1.82, 2.24) is 9.97 Å². The minimum Gasteiger partial charge on any atom is -0.321 e. The van der Waals surface area contributed by atoms with Crippen molar-refractivity contribution in [1.29, 1.82) is 0 Å². The smallest absolute Gasteiger partial charge is 0.256 e. The number of hydrogen-bond donors (Lipinski definition) is 1. The molecule has 0 fully saturated rings. The molecule has 0 spiro atoms. The lowest BCUT2D eigenvalue weighted by molar-refractivity contribution is 0.102. The number of pyridine rings is 2. The van der Waals surface area contributed by atoms with E-state index in [2.05, 4.69) is 27.8 Å². The number of para-hydroxylation sites is 1. The van der Waals surface area contributed by atoms with E-state index in [1.54, 1.807) is 23.7 Å². The molecule has 0 unspecified atom stereocenters. The molecule has 0 bridgehead atoms. The Bertz CT molecular complexity index is 1200. The van der Waals surface area contributed by atoms with Gasteiger partial charge < -0.3 is 5.32 Å². The molecule has 0 atom stereocenters. The average molecular weight is 383 g/mol. The first-order chi connectivity index (χ1) is 13.8. The van der Waals surface area contributed by atoms with E-state index in [1.807, 2.05) is 42.5 Å². The summed E-state index contributed by atoms with van der Waals surface area (Å²) in [6.07, 6.45) is 7.26. The van der Waals surface area contributed by atoms with Crippen LogP contribution in [0.4, 0.5) is 5.69 Å². The molecule has 0 saturated carbocycles. The number of nitrogens with zero attached hydrogens (tertiary/aromatic N) is 2. The van der Waals surface area contributed by atoms with E-state index in [4.69, 9.17) is 4.98 Å². The maximum atomic E-state index is 13.2. The summed E-state index contributed by atoms with van der Waals surface area (Å²) in [5.74, 6) is -0.111. The average Bonchev–Trinajstić information content (AvgIpc) is 3.37.